The topological polar surface area (TPSA) is 161 Å². The van der Waals surface area contributed by atoms with Gasteiger partial charge in [-0.05, 0) is 23.6 Å². The minimum Gasteiger partial charge on any atom is -0.463 e. The van der Waals surface area contributed by atoms with Gasteiger partial charge in [0.25, 0.3) is 0 Å². The predicted molar refractivity (Wildman–Crippen MR) is 192 cm³/mol. The van der Waals surface area contributed by atoms with Crippen molar-refractivity contribution in [3.05, 3.63) is 108 Å². The van der Waals surface area contributed by atoms with Gasteiger partial charge in [-0.3, -0.25) is 19.2 Å². The van der Waals surface area contributed by atoms with E-state index in [2.05, 4.69) is 0 Å². The normalized spacial score (nSPS) is 27.7. The highest BCUT2D eigenvalue weighted by Gasteiger charge is 2.56. The van der Waals surface area contributed by atoms with E-state index in [9.17, 15) is 19.2 Å². The molecule has 10 atom stereocenters. The van der Waals surface area contributed by atoms with Crippen LogP contribution in [-0.2, 0) is 86.4 Å². The summed E-state index contributed by atoms with van der Waals surface area (Å²) < 4.78 is 61.2. The molecule has 2 heterocycles. The average Bonchev–Trinajstić information content (AvgIpc) is 3.15. The highest BCUT2D eigenvalue weighted by Crippen LogP contribution is 2.36. The fourth-order valence-corrected chi connectivity index (χ4v) is 6.41. The van der Waals surface area contributed by atoms with Gasteiger partial charge in [-0.2, -0.15) is 0 Å². The smallest absolute Gasteiger partial charge is 0.305 e. The maximum atomic E-state index is 12.6. The first-order valence-corrected chi connectivity index (χ1v) is 18.1. The Kier molecular flexibility index (Phi) is 15.3. The molecular formula is C41H48O14. The summed E-state index contributed by atoms with van der Waals surface area (Å²) in [5.74, 6) is -2.92. The third-order valence-electron chi connectivity index (χ3n) is 8.80. The quantitative estimate of drug-likeness (QED) is 0.147. The molecule has 2 saturated heterocycles. The van der Waals surface area contributed by atoms with Crippen LogP contribution < -0.4 is 0 Å². The number of carbonyl (C=O) groups is 4. The fourth-order valence-electron chi connectivity index (χ4n) is 6.41. The lowest BCUT2D eigenvalue weighted by molar-refractivity contribution is -0.370. The van der Waals surface area contributed by atoms with Gasteiger partial charge in [-0.1, -0.05) is 91.0 Å². The van der Waals surface area contributed by atoms with Gasteiger partial charge in [0.2, 0.25) is 6.29 Å². The molecule has 0 N–H and O–H groups in total. The van der Waals surface area contributed by atoms with Crippen molar-refractivity contribution in [2.75, 3.05) is 6.61 Å². The van der Waals surface area contributed by atoms with Crippen LogP contribution in [0.5, 0.6) is 0 Å². The molecule has 0 amide bonds. The molecule has 14 nitrogen and oxygen atoms in total. The standard InChI is InChI=1S/C41H48O14/c1-25-34(47-21-30-15-9-6-10-16-30)36(48-22-31-17-11-7-12-18-31)38(49-23-32-19-13-8-14-20-32)40(50-25)55-39-37(52-28(4)44)35(51-27(3)43)33(24-46-26(2)42)54-41(39)53-29(5)45/h6-20,25,33-41H,21-24H2,1-5H3/t25-,33?,34?,35-,36?,37?,38-,39?,40?,41-/m0/s1. The Labute approximate surface area is 320 Å². The van der Waals surface area contributed by atoms with Crippen LogP contribution in [0.3, 0.4) is 0 Å². The summed E-state index contributed by atoms with van der Waals surface area (Å²) in [6, 6.07) is 28.7. The molecule has 0 saturated carbocycles. The van der Waals surface area contributed by atoms with Crippen molar-refractivity contribution in [3.8, 4) is 0 Å². The first kappa shape index (κ1) is 41.5. The molecule has 3 aromatic rings. The molecule has 3 aromatic carbocycles. The highest BCUT2D eigenvalue weighted by molar-refractivity contribution is 5.68. The Hall–Kier alpha value is -4.70. The summed E-state index contributed by atoms with van der Waals surface area (Å²) in [5, 5.41) is 0. The van der Waals surface area contributed by atoms with Gasteiger partial charge in [0.15, 0.2) is 24.6 Å². The summed E-state index contributed by atoms with van der Waals surface area (Å²) in [7, 11) is 0. The Balaban J connectivity index is 1.53. The molecule has 0 radical (unpaired) electrons. The first-order chi connectivity index (χ1) is 26.5. The second-order valence-corrected chi connectivity index (χ2v) is 13.2. The monoisotopic (exact) mass is 764 g/mol. The number of ether oxygens (including phenoxy) is 10. The summed E-state index contributed by atoms with van der Waals surface area (Å²) >= 11 is 0. The van der Waals surface area contributed by atoms with E-state index in [0.29, 0.717) is 0 Å². The number of hydrogen-bond acceptors (Lipinski definition) is 14. The van der Waals surface area contributed by atoms with Gasteiger partial charge < -0.3 is 47.4 Å². The van der Waals surface area contributed by atoms with E-state index in [1.807, 2.05) is 91.0 Å². The summed E-state index contributed by atoms with van der Waals surface area (Å²) in [6.45, 7) is 6.59. The summed E-state index contributed by atoms with van der Waals surface area (Å²) in [6.07, 6.45) is -11.5. The molecule has 55 heavy (non-hydrogen) atoms. The number of carbonyl (C=O) groups excluding carboxylic acids is 4. The molecule has 14 heteroatoms. The number of rotatable bonds is 16. The molecule has 0 spiro atoms. The van der Waals surface area contributed by atoms with E-state index in [1.54, 1.807) is 6.92 Å². The molecule has 2 aliphatic heterocycles. The van der Waals surface area contributed by atoms with Crippen LogP contribution in [0.15, 0.2) is 91.0 Å². The zero-order valence-electron chi connectivity index (χ0n) is 31.5. The molecule has 0 aliphatic carbocycles. The Morgan fingerprint density at radius 1 is 0.491 bits per heavy atom. The largest absolute Gasteiger partial charge is 0.463 e. The van der Waals surface area contributed by atoms with Crippen molar-refractivity contribution >= 4 is 23.9 Å². The Morgan fingerprint density at radius 3 is 1.42 bits per heavy atom. The first-order valence-electron chi connectivity index (χ1n) is 18.1. The Morgan fingerprint density at radius 2 is 0.945 bits per heavy atom. The lowest BCUT2D eigenvalue weighted by Gasteiger charge is -2.49. The lowest BCUT2D eigenvalue weighted by atomic mass is 9.96. The maximum Gasteiger partial charge on any atom is 0.305 e. The minimum absolute atomic E-state index is 0.113. The number of benzene rings is 3. The molecule has 6 unspecified atom stereocenters. The van der Waals surface area contributed by atoms with Gasteiger partial charge in [0.05, 0.1) is 25.9 Å². The third kappa shape index (κ3) is 12.1. The predicted octanol–water partition coefficient (Wildman–Crippen LogP) is 4.59. The second-order valence-electron chi connectivity index (χ2n) is 13.2. The van der Waals surface area contributed by atoms with E-state index in [4.69, 9.17) is 47.4 Å². The van der Waals surface area contributed by atoms with Gasteiger partial charge in [-0.15, -0.1) is 0 Å². The second kappa shape index (κ2) is 20.3. The molecule has 5 rings (SSSR count). The zero-order chi connectivity index (χ0) is 39.3. The van der Waals surface area contributed by atoms with Gasteiger partial charge in [-0.25, -0.2) is 0 Å². The van der Waals surface area contributed by atoms with Crippen molar-refractivity contribution in [1.29, 1.82) is 0 Å². The molecule has 0 bridgehead atoms. The average molecular weight is 765 g/mol. The molecule has 2 fully saturated rings. The summed E-state index contributed by atoms with van der Waals surface area (Å²) in [5.41, 5.74) is 2.68. The maximum absolute atomic E-state index is 12.6. The van der Waals surface area contributed by atoms with E-state index < -0.39 is 91.9 Å². The van der Waals surface area contributed by atoms with Crippen LogP contribution in [0.25, 0.3) is 0 Å². The zero-order valence-corrected chi connectivity index (χ0v) is 31.5. The van der Waals surface area contributed by atoms with Crippen LogP contribution in [0.2, 0.25) is 0 Å². The lowest BCUT2D eigenvalue weighted by Crippen LogP contribution is -2.66. The SMILES string of the molecule is CC(=O)OCC1O[C@H](OC(C)=O)C(OC2O[C@@H](C)C(OCc3ccccc3)C(OCc3ccccc3)[C@@H]2OCc2ccccc2)C(OC(C)=O)[C@H]1OC(C)=O. The Bertz CT molecular complexity index is 1670. The van der Waals surface area contributed by atoms with Crippen molar-refractivity contribution in [1.82, 2.24) is 0 Å². The van der Waals surface area contributed by atoms with E-state index >= 15 is 0 Å². The van der Waals surface area contributed by atoms with E-state index in [-0.39, 0.29) is 19.8 Å². The molecule has 2 aliphatic rings. The van der Waals surface area contributed by atoms with Crippen molar-refractivity contribution in [3.63, 3.8) is 0 Å². The fraction of sp³-hybridized carbons (Fsp3) is 0.463. The van der Waals surface area contributed by atoms with E-state index in [0.717, 1.165) is 37.5 Å². The molecular weight excluding hydrogens is 716 g/mol. The van der Waals surface area contributed by atoms with Crippen molar-refractivity contribution in [2.24, 2.45) is 0 Å². The highest BCUT2D eigenvalue weighted by atomic mass is 16.8. The summed E-state index contributed by atoms with van der Waals surface area (Å²) in [4.78, 5) is 49.3. The number of esters is 4. The van der Waals surface area contributed by atoms with Crippen LogP contribution in [0.4, 0.5) is 0 Å². The van der Waals surface area contributed by atoms with Gasteiger partial charge in [0, 0.05) is 27.7 Å². The number of hydrogen-bond donors (Lipinski definition) is 0. The van der Waals surface area contributed by atoms with Crippen molar-refractivity contribution < 1.29 is 66.5 Å². The van der Waals surface area contributed by atoms with Crippen LogP contribution in [0.1, 0.15) is 51.3 Å². The molecule has 0 aromatic heterocycles. The molecule has 296 valence electrons. The van der Waals surface area contributed by atoms with Crippen LogP contribution >= 0.6 is 0 Å². The van der Waals surface area contributed by atoms with Gasteiger partial charge >= 0.3 is 23.9 Å². The van der Waals surface area contributed by atoms with Crippen LogP contribution in [0, 0.1) is 0 Å². The van der Waals surface area contributed by atoms with Crippen molar-refractivity contribution in [2.45, 2.75) is 116 Å². The van der Waals surface area contributed by atoms with Crippen LogP contribution in [-0.4, -0.2) is 91.9 Å². The third-order valence-corrected chi connectivity index (χ3v) is 8.80. The van der Waals surface area contributed by atoms with Gasteiger partial charge in [0.1, 0.15) is 31.0 Å². The minimum atomic E-state index is -1.56. The van der Waals surface area contributed by atoms with E-state index in [1.165, 1.54) is 6.92 Å².